The molecular weight excluding hydrogens is 178 g/mol. The summed E-state index contributed by atoms with van der Waals surface area (Å²) in [4.78, 5) is 14.1. The van der Waals surface area contributed by atoms with Crippen LogP contribution in [0.1, 0.15) is 5.56 Å². The zero-order valence-corrected chi connectivity index (χ0v) is 8.03. The molecule has 0 aliphatic heterocycles. The highest BCUT2D eigenvalue weighted by Crippen LogP contribution is 1.95. The summed E-state index contributed by atoms with van der Waals surface area (Å²) in [7, 11) is 1.56. The Hall–Kier alpha value is -1.68. The quantitative estimate of drug-likeness (QED) is 0.315. The molecule has 0 unspecified atom stereocenters. The van der Waals surface area contributed by atoms with Gasteiger partial charge in [0.05, 0.1) is 0 Å². The van der Waals surface area contributed by atoms with Crippen molar-refractivity contribution >= 4 is 12.1 Å². The Morgan fingerprint density at radius 2 is 2.14 bits per heavy atom. The third-order valence-electron chi connectivity index (χ3n) is 1.70. The van der Waals surface area contributed by atoms with Crippen LogP contribution in [0, 0.1) is 0 Å². The first kappa shape index (κ1) is 10.4. The highest BCUT2D eigenvalue weighted by Gasteiger charge is 1.93. The Balaban J connectivity index is 2.32. The smallest absolute Gasteiger partial charge is 0.185 e. The van der Waals surface area contributed by atoms with Crippen molar-refractivity contribution in [1.29, 1.82) is 0 Å². The van der Waals surface area contributed by atoms with Crippen molar-refractivity contribution in [2.75, 3.05) is 7.05 Å². The van der Waals surface area contributed by atoms with Gasteiger partial charge < -0.3 is 5.43 Å². The second-order valence-corrected chi connectivity index (χ2v) is 2.69. The van der Waals surface area contributed by atoms with E-state index in [1.54, 1.807) is 7.05 Å². The number of hydrogen-bond acceptors (Lipinski definition) is 3. The summed E-state index contributed by atoms with van der Waals surface area (Å²) >= 11 is 0. The third kappa shape index (κ3) is 3.37. The van der Waals surface area contributed by atoms with Crippen LogP contribution in [0.4, 0.5) is 0 Å². The lowest BCUT2D eigenvalue weighted by Gasteiger charge is -2.05. The van der Waals surface area contributed by atoms with Gasteiger partial charge in [0, 0.05) is 13.6 Å². The highest BCUT2D eigenvalue weighted by molar-refractivity contribution is 6.26. The van der Waals surface area contributed by atoms with E-state index in [0.29, 0.717) is 18.7 Å². The maximum absolute atomic E-state index is 10.3. The summed E-state index contributed by atoms with van der Waals surface area (Å²) in [6, 6.07) is 9.88. The first-order valence-electron chi connectivity index (χ1n) is 4.31. The highest BCUT2D eigenvalue weighted by atomic mass is 16.1. The van der Waals surface area contributed by atoms with Gasteiger partial charge in [-0.1, -0.05) is 30.3 Å². The number of carbonyl (C=O) groups is 1. The summed E-state index contributed by atoms with van der Waals surface area (Å²) in [5, 5.41) is 0. The van der Waals surface area contributed by atoms with Crippen LogP contribution in [0.5, 0.6) is 0 Å². The van der Waals surface area contributed by atoms with E-state index in [1.807, 2.05) is 30.3 Å². The molecule has 1 rings (SSSR count). The SMILES string of the molecule is CN=C(C=O)NNCc1ccccc1. The maximum Gasteiger partial charge on any atom is 0.185 e. The fourth-order valence-electron chi connectivity index (χ4n) is 0.971. The largest absolute Gasteiger partial charge is 0.303 e. The molecule has 0 atom stereocenters. The van der Waals surface area contributed by atoms with Crippen LogP contribution in [0.2, 0.25) is 0 Å². The van der Waals surface area contributed by atoms with Crippen LogP contribution in [0.3, 0.4) is 0 Å². The van der Waals surface area contributed by atoms with E-state index in [4.69, 9.17) is 0 Å². The molecule has 4 heteroatoms. The molecule has 0 saturated heterocycles. The maximum atomic E-state index is 10.3. The molecule has 0 radical (unpaired) electrons. The minimum Gasteiger partial charge on any atom is -0.303 e. The second kappa shape index (κ2) is 5.88. The molecule has 0 aliphatic carbocycles. The predicted octanol–water partition coefficient (Wildman–Crippen LogP) is 0.508. The molecule has 0 amide bonds. The Kier molecular flexibility index (Phi) is 4.37. The van der Waals surface area contributed by atoms with Gasteiger partial charge in [-0.3, -0.25) is 9.79 Å². The average Bonchev–Trinajstić information content (AvgIpc) is 2.26. The van der Waals surface area contributed by atoms with Gasteiger partial charge in [-0.15, -0.1) is 0 Å². The molecule has 2 N–H and O–H groups in total. The number of hydrazine groups is 1. The molecule has 1 aromatic carbocycles. The van der Waals surface area contributed by atoms with Crippen molar-refractivity contribution in [3.8, 4) is 0 Å². The van der Waals surface area contributed by atoms with Crippen molar-refractivity contribution < 1.29 is 4.79 Å². The minimum absolute atomic E-state index is 0.293. The minimum atomic E-state index is 0.293. The lowest BCUT2D eigenvalue weighted by atomic mass is 10.2. The lowest BCUT2D eigenvalue weighted by Crippen LogP contribution is -2.37. The Labute approximate surface area is 83.0 Å². The monoisotopic (exact) mass is 191 g/mol. The molecule has 4 nitrogen and oxygen atoms in total. The molecule has 0 spiro atoms. The number of benzene rings is 1. The standard InChI is InChI=1S/C10H13N3O/c1-11-10(8-14)13-12-7-9-5-3-2-4-6-9/h2-6,8,12H,7H2,1H3,(H,11,13). The van der Waals surface area contributed by atoms with Gasteiger partial charge in [-0.2, -0.15) is 0 Å². The number of aliphatic imine (C=N–C) groups is 1. The molecular formula is C10H13N3O. The Morgan fingerprint density at radius 3 is 2.71 bits per heavy atom. The van der Waals surface area contributed by atoms with E-state index in [1.165, 1.54) is 0 Å². The fourth-order valence-corrected chi connectivity index (χ4v) is 0.971. The Morgan fingerprint density at radius 1 is 1.43 bits per heavy atom. The van der Waals surface area contributed by atoms with E-state index in [-0.39, 0.29) is 0 Å². The van der Waals surface area contributed by atoms with E-state index >= 15 is 0 Å². The molecule has 0 saturated carbocycles. The lowest BCUT2D eigenvalue weighted by molar-refractivity contribution is -0.102. The Bertz CT molecular complexity index is 308. The summed E-state index contributed by atoms with van der Waals surface area (Å²) in [6.07, 6.45) is 0.665. The van der Waals surface area contributed by atoms with Crippen LogP contribution in [0.25, 0.3) is 0 Å². The van der Waals surface area contributed by atoms with Crippen LogP contribution in [-0.4, -0.2) is 19.2 Å². The molecule has 1 aromatic rings. The topological polar surface area (TPSA) is 53.5 Å². The summed E-state index contributed by atoms with van der Waals surface area (Å²) < 4.78 is 0. The number of amidine groups is 1. The van der Waals surface area contributed by atoms with Crippen molar-refractivity contribution in [3.05, 3.63) is 35.9 Å². The van der Waals surface area contributed by atoms with Gasteiger partial charge in [0.25, 0.3) is 0 Å². The van der Waals surface area contributed by atoms with Gasteiger partial charge in [0.1, 0.15) is 0 Å². The first-order valence-corrected chi connectivity index (χ1v) is 4.31. The van der Waals surface area contributed by atoms with Gasteiger partial charge in [0.15, 0.2) is 12.1 Å². The zero-order valence-electron chi connectivity index (χ0n) is 8.03. The van der Waals surface area contributed by atoms with Gasteiger partial charge in [0.2, 0.25) is 0 Å². The average molecular weight is 191 g/mol. The predicted molar refractivity (Wildman–Crippen MR) is 55.8 cm³/mol. The molecule has 74 valence electrons. The zero-order chi connectivity index (χ0) is 10.2. The number of carbonyl (C=O) groups excluding carboxylic acids is 1. The summed E-state index contributed by atoms with van der Waals surface area (Å²) in [5.74, 6) is 0.293. The molecule has 0 aliphatic rings. The van der Waals surface area contributed by atoms with Crippen LogP contribution in [0.15, 0.2) is 35.3 Å². The van der Waals surface area contributed by atoms with Gasteiger partial charge in [-0.25, -0.2) is 5.43 Å². The number of nitrogens with zero attached hydrogens (tertiary/aromatic N) is 1. The third-order valence-corrected chi connectivity index (χ3v) is 1.70. The van der Waals surface area contributed by atoms with Crippen LogP contribution >= 0.6 is 0 Å². The molecule has 0 aromatic heterocycles. The van der Waals surface area contributed by atoms with Crippen LogP contribution < -0.4 is 10.9 Å². The van der Waals surface area contributed by atoms with E-state index < -0.39 is 0 Å². The van der Waals surface area contributed by atoms with Gasteiger partial charge >= 0.3 is 0 Å². The van der Waals surface area contributed by atoms with Crippen LogP contribution in [-0.2, 0) is 11.3 Å². The van der Waals surface area contributed by atoms with Crippen molar-refractivity contribution in [2.45, 2.75) is 6.54 Å². The normalized spacial score (nSPS) is 11.1. The van der Waals surface area contributed by atoms with E-state index in [2.05, 4.69) is 15.8 Å². The van der Waals surface area contributed by atoms with E-state index in [9.17, 15) is 4.79 Å². The first-order chi connectivity index (χ1) is 6.86. The number of aldehydes is 1. The summed E-state index contributed by atoms with van der Waals surface area (Å²) in [5.41, 5.74) is 6.73. The number of rotatable bonds is 4. The second-order valence-electron chi connectivity index (χ2n) is 2.69. The van der Waals surface area contributed by atoms with Crippen molar-refractivity contribution in [1.82, 2.24) is 10.9 Å². The van der Waals surface area contributed by atoms with Gasteiger partial charge in [-0.05, 0) is 5.56 Å². The fraction of sp³-hybridized carbons (Fsp3) is 0.200. The molecule has 14 heavy (non-hydrogen) atoms. The van der Waals surface area contributed by atoms with Crippen molar-refractivity contribution in [3.63, 3.8) is 0 Å². The molecule has 0 fully saturated rings. The number of hydrogen-bond donors (Lipinski definition) is 2. The molecule has 0 bridgehead atoms. The van der Waals surface area contributed by atoms with E-state index in [0.717, 1.165) is 5.56 Å². The molecule has 0 heterocycles. The van der Waals surface area contributed by atoms with Crippen molar-refractivity contribution in [2.24, 2.45) is 4.99 Å². The number of nitrogens with one attached hydrogen (secondary N) is 2. The summed E-state index contributed by atoms with van der Waals surface area (Å²) in [6.45, 7) is 0.647.